The number of carbonyl (C=O) groups is 2. The van der Waals surface area contributed by atoms with E-state index in [-0.39, 0.29) is 23.3 Å². The van der Waals surface area contributed by atoms with Crippen LogP contribution in [-0.2, 0) is 16.1 Å². The first kappa shape index (κ1) is 28.8. The van der Waals surface area contributed by atoms with Crippen molar-refractivity contribution in [1.82, 2.24) is 4.57 Å². The number of rotatable bonds is 8. The molecule has 214 valence electrons. The number of carboxylic acids is 1. The Morgan fingerprint density at radius 3 is 2.55 bits per heavy atom. The predicted octanol–water partition coefficient (Wildman–Crippen LogP) is 4.35. The first-order valence-corrected chi connectivity index (χ1v) is 13.9. The number of benzene rings is 3. The zero-order valence-electron chi connectivity index (χ0n) is 22.8. The van der Waals surface area contributed by atoms with Crippen molar-refractivity contribution in [3.63, 3.8) is 0 Å². The van der Waals surface area contributed by atoms with Gasteiger partial charge in [-0.1, -0.05) is 47.2 Å². The van der Waals surface area contributed by atoms with Crippen molar-refractivity contribution < 1.29 is 28.9 Å². The number of carboxylic acid groups (broad SMARTS) is 1. The van der Waals surface area contributed by atoms with Gasteiger partial charge in [0.1, 0.15) is 24.1 Å². The number of ether oxygens (including phenoxy) is 3. The Kier molecular flexibility index (Phi) is 8.28. The van der Waals surface area contributed by atoms with Gasteiger partial charge in [-0.2, -0.15) is 0 Å². The number of esters is 1. The minimum atomic E-state index is -0.999. The molecule has 1 atom stereocenters. The third-order valence-corrected chi connectivity index (χ3v) is 7.89. The monoisotopic (exact) mass is 604 g/mol. The van der Waals surface area contributed by atoms with Crippen LogP contribution in [0, 0.1) is 0 Å². The van der Waals surface area contributed by atoms with Crippen LogP contribution in [-0.4, -0.2) is 35.8 Å². The Bertz CT molecular complexity index is 1910. The number of hydrogen-bond donors (Lipinski definition) is 1. The lowest BCUT2D eigenvalue weighted by atomic mass is 9.95. The summed E-state index contributed by atoms with van der Waals surface area (Å²) in [4.78, 5) is 42.9. The average molecular weight is 605 g/mol. The summed E-state index contributed by atoms with van der Waals surface area (Å²) in [6, 6.07) is 17.9. The van der Waals surface area contributed by atoms with Gasteiger partial charge < -0.3 is 19.3 Å². The highest BCUT2D eigenvalue weighted by molar-refractivity contribution is 7.07. The second-order valence-corrected chi connectivity index (χ2v) is 10.8. The normalized spacial score (nSPS) is 14.7. The van der Waals surface area contributed by atoms with E-state index in [1.165, 1.54) is 36.2 Å². The molecule has 0 spiro atoms. The molecule has 0 bridgehead atoms. The van der Waals surface area contributed by atoms with Crippen molar-refractivity contribution in [1.29, 1.82) is 0 Å². The summed E-state index contributed by atoms with van der Waals surface area (Å²) in [5.74, 6) is -0.565. The Balaban J connectivity index is 1.50. The molecule has 1 aromatic heterocycles. The molecule has 0 fully saturated rings. The van der Waals surface area contributed by atoms with E-state index in [2.05, 4.69) is 4.99 Å². The zero-order chi connectivity index (χ0) is 30.0. The van der Waals surface area contributed by atoms with Crippen LogP contribution >= 0.6 is 22.9 Å². The number of aromatic nitrogens is 1. The third-order valence-electron chi connectivity index (χ3n) is 6.67. The zero-order valence-corrected chi connectivity index (χ0v) is 24.4. The molecule has 5 rings (SSSR count). The van der Waals surface area contributed by atoms with Crippen LogP contribution in [0.25, 0.3) is 6.08 Å². The van der Waals surface area contributed by atoms with Crippen molar-refractivity contribution in [2.24, 2.45) is 4.99 Å². The molecule has 42 heavy (non-hydrogen) atoms. The highest BCUT2D eigenvalue weighted by Crippen LogP contribution is 2.37. The molecule has 0 saturated heterocycles. The van der Waals surface area contributed by atoms with E-state index in [4.69, 9.17) is 25.8 Å². The molecule has 0 amide bonds. The maximum absolute atomic E-state index is 13.8. The number of nitrogens with zero attached hydrogens (tertiary/aromatic N) is 2. The fourth-order valence-electron chi connectivity index (χ4n) is 4.68. The highest BCUT2D eigenvalue weighted by Gasteiger charge is 2.35. The molecule has 2 heterocycles. The van der Waals surface area contributed by atoms with Gasteiger partial charge in [0.25, 0.3) is 5.56 Å². The minimum Gasteiger partial charge on any atom is -0.496 e. The molecule has 0 aliphatic carbocycles. The maximum atomic E-state index is 13.8. The first-order valence-electron chi connectivity index (χ1n) is 12.7. The van der Waals surface area contributed by atoms with Crippen molar-refractivity contribution in [2.45, 2.75) is 19.6 Å². The topological polar surface area (TPSA) is 116 Å². The number of carbonyl (C=O) groups excluding carboxylic acids is 1. The Morgan fingerprint density at radius 2 is 1.86 bits per heavy atom. The van der Waals surface area contributed by atoms with Crippen LogP contribution in [0.15, 0.2) is 87.8 Å². The molecule has 0 unspecified atom stereocenters. The SMILES string of the molecule is COC(=O)C1=C(C)N=c2s/c(=C\c3ccc(OCc4cccc(C(=O)O)c4)cc3)c(=O)n2[C@@H]1c1cc(Cl)ccc1OC. The fraction of sp³-hybridized carbons (Fsp3) is 0.161. The van der Waals surface area contributed by atoms with E-state index < -0.39 is 18.0 Å². The average Bonchev–Trinajstić information content (AvgIpc) is 3.29. The number of aromatic carboxylic acids is 1. The summed E-state index contributed by atoms with van der Waals surface area (Å²) in [6.07, 6.45) is 1.74. The van der Waals surface area contributed by atoms with Gasteiger partial charge in [0.15, 0.2) is 4.80 Å². The van der Waals surface area contributed by atoms with Crippen molar-refractivity contribution in [2.75, 3.05) is 14.2 Å². The van der Waals surface area contributed by atoms with E-state index in [0.717, 1.165) is 11.1 Å². The molecule has 0 saturated carbocycles. The molecule has 1 aliphatic rings. The molecular formula is C31H25ClN2O7S. The van der Waals surface area contributed by atoms with Gasteiger partial charge in [0, 0.05) is 10.6 Å². The van der Waals surface area contributed by atoms with Crippen molar-refractivity contribution >= 4 is 41.0 Å². The van der Waals surface area contributed by atoms with Gasteiger partial charge in [-0.15, -0.1) is 0 Å². The molecule has 9 nitrogen and oxygen atoms in total. The molecule has 1 aliphatic heterocycles. The summed E-state index contributed by atoms with van der Waals surface area (Å²) < 4.78 is 18.3. The van der Waals surface area contributed by atoms with Crippen LogP contribution < -0.4 is 24.4 Å². The molecule has 11 heteroatoms. The van der Waals surface area contributed by atoms with Gasteiger partial charge in [-0.05, 0) is 66.6 Å². The summed E-state index contributed by atoms with van der Waals surface area (Å²) in [6.45, 7) is 1.90. The smallest absolute Gasteiger partial charge is 0.338 e. The minimum absolute atomic E-state index is 0.192. The lowest BCUT2D eigenvalue weighted by molar-refractivity contribution is -0.136. The van der Waals surface area contributed by atoms with E-state index in [0.29, 0.717) is 37.1 Å². The van der Waals surface area contributed by atoms with E-state index >= 15 is 0 Å². The lowest BCUT2D eigenvalue weighted by Crippen LogP contribution is -2.40. The number of fused-ring (bicyclic) bond motifs is 1. The molecule has 4 aromatic rings. The first-order chi connectivity index (χ1) is 20.2. The number of thiazole rings is 1. The summed E-state index contributed by atoms with van der Waals surface area (Å²) in [7, 11) is 2.78. The van der Waals surface area contributed by atoms with Gasteiger partial charge >= 0.3 is 11.9 Å². The number of hydrogen-bond acceptors (Lipinski definition) is 8. The van der Waals surface area contributed by atoms with Crippen LogP contribution in [0.4, 0.5) is 0 Å². The summed E-state index contributed by atoms with van der Waals surface area (Å²) >= 11 is 7.53. The largest absolute Gasteiger partial charge is 0.496 e. The summed E-state index contributed by atoms with van der Waals surface area (Å²) in [5, 5.41) is 9.60. The van der Waals surface area contributed by atoms with Crippen LogP contribution in [0.1, 0.15) is 40.0 Å². The van der Waals surface area contributed by atoms with E-state index in [1.807, 2.05) is 12.1 Å². The van der Waals surface area contributed by atoms with Gasteiger partial charge in [-0.3, -0.25) is 9.36 Å². The standard InChI is InChI=1S/C31H25ClN2O7S/c1-17-26(30(38)40-3)27(23-15-21(32)9-12-24(23)39-2)34-28(35)25(42-31(34)33-17)14-18-7-10-22(11-8-18)41-16-19-5-4-6-20(13-19)29(36)37/h4-15,27H,16H2,1-3H3,(H,36,37)/b25-14-/t27-/m1/s1. The van der Waals surface area contributed by atoms with E-state index in [9.17, 15) is 19.5 Å². The van der Waals surface area contributed by atoms with Gasteiger partial charge in [-0.25, -0.2) is 14.6 Å². The van der Waals surface area contributed by atoms with Crippen molar-refractivity contribution in [3.05, 3.63) is 125 Å². The molecule has 1 N–H and O–H groups in total. The molecular weight excluding hydrogens is 580 g/mol. The van der Waals surface area contributed by atoms with Crippen LogP contribution in [0.5, 0.6) is 11.5 Å². The molecule has 0 radical (unpaired) electrons. The van der Waals surface area contributed by atoms with Gasteiger partial charge in [0.2, 0.25) is 0 Å². The Morgan fingerprint density at radius 1 is 1.10 bits per heavy atom. The number of allylic oxidation sites excluding steroid dienone is 1. The highest BCUT2D eigenvalue weighted by atomic mass is 35.5. The Labute approximate surface area is 249 Å². The van der Waals surface area contributed by atoms with Crippen molar-refractivity contribution in [3.8, 4) is 11.5 Å². The fourth-order valence-corrected chi connectivity index (χ4v) is 5.91. The van der Waals surface area contributed by atoms with Gasteiger partial charge in [0.05, 0.1) is 35.6 Å². The third kappa shape index (κ3) is 5.72. The quantitative estimate of drug-likeness (QED) is 0.297. The van der Waals surface area contributed by atoms with Crippen LogP contribution in [0.2, 0.25) is 5.02 Å². The predicted molar refractivity (Wildman–Crippen MR) is 158 cm³/mol. The molecule has 3 aromatic carbocycles. The number of methoxy groups -OCH3 is 2. The van der Waals surface area contributed by atoms with Crippen LogP contribution in [0.3, 0.4) is 0 Å². The van der Waals surface area contributed by atoms with E-state index in [1.54, 1.807) is 61.5 Å². The number of halogens is 1. The lowest BCUT2D eigenvalue weighted by Gasteiger charge is -2.25. The summed E-state index contributed by atoms with van der Waals surface area (Å²) in [5.41, 5.74) is 2.51. The Hall–Kier alpha value is -4.67. The maximum Gasteiger partial charge on any atom is 0.338 e. The second kappa shape index (κ2) is 12.1. The second-order valence-electron chi connectivity index (χ2n) is 9.32.